The van der Waals surface area contributed by atoms with Gasteiger partial charge < -0.3 is 23.9 Å². The van der Waals surface area contributed by atoms with E-state index in [-0.39, 0.29) is 5.76 Å². The van der Waals surface area contributed by atoms with Gasteiger partial charge in [-0.2, -0.15) is 0 Å². The summed E-state index contributed by atoms with van der Waals surface area (Å²) >= 11 is 0. The number of nitrogens with one attached hydrogen (secondary N) is 1. The van der Waals surface area contributed by atoms with E-state index in [1.54, 1.807) is 31.2 Å². The second-order valence-corrected chi connectivity index (χ2v) is 5.07. The minimum atomic E-state index is -1.00. The van der Waals surface area contributed by atoms with E-state index in [0.29, 0.717) is 22.7 Å². The van der Waals surface area contributed by atoms with Crippen LogP contribution in [0.5, 0.6) is 11.5 Å². The van der Waals surface area contributed by atoms with Gasteiger partial charge in [-0.1, -0.05) is 0 Å². The van der Waals surface area contributed by atoms with Crippen molar-refractivity contribution in [3.8, 4) is 11.5 Å². The highest BCUT2D eigenvalue weighted by Gasteiger charge is 2.22. The lowest BCUT2D eigenvalue weighted by molar-refractivity contribution is -0.123. The number of hydrogen-bond acceptors (Lipinski definition) is 6. The predicted molar refractivity (Wildman–Crippen MR) is 86.5 cm³/mol. The summed E-state index contributed by atoms with van der Waals surface area (Å²) in [6.07, 6.45) is 0.387. The molecule has 0 unspecified atom stereocenters. The van der Waals surface area contributed by atoms with Gasteiger partial charge in [0.1, 0.15) is 11.5 Å². The Labute approximate surface area is 139 Å². The average Bonchev–Trinajstić information content (AvgIpc) is 3.00. The number of anilines is 1. The highest BCUT2D eigenvalue weighted by Crippen LogP contribution is 2.26. The summed E-state index contributed by atoms with van der Waals surface area (Å²) in [5.41, 5.74) is 1.11. The van der Waals surface area contributed by atoms with Crippen LogP contribution in [0.15, 0.2) is 34.9 Å². The van der Waals surface area contributed by atoms with E-state index in [2.05, 4.69) is 5.32 Å². The first-order valence-corrected chi connectivity index (χ1v) is 7.23. The molecule has 0 bridgehead atoms. The van der Waals surface area contributed by atoms with Gasteiger partial charge in [-0.25, -0.2) is 4.79 Å². The van der Waals surface area contributed by atoms with Crippen molar-refractivity contribution in [2.45, 2.75) is 20.0 Å². The molecule has 0 radical (unpaired) electrons. The number of rotatable bonds is 6. The lowest BCUT2D eigenvalue weighted by atomic mass is 10.2. The topological polar surface area (TPSA) is 87.0 Å². The Kier molecular flexibility index (Phi) is 5.47. The minimum absolute atomic E-state index is 0.0812. The van der Waals surface area contributed by atoms with Crippen LogP contribution in [0, 0.1) is 6.92 Å². The van der Waals surface area contributed by atoms with Crippen molar-refractivity contribution in [2.24, 2.45) is 0 Å². The summed E-state index contributed by atoms with van der Waals surface area (Å²) < 4.78 is 20.4. The van der Waals surface area contributed by atoms with Crippen LogP contribution in [0.25, 0.3) is 0 Å². The predicted octanol–water partition coefficient (Wildman–Crippen LogP) is 2.79. The van der Waals surface area contributed by atoms with E-state index in [4.69, 9.17) is 18.6 Å². The second kappa shape index (κ2) is 7.54. The van der Waals surface area contributed by atoms with Gasteiger partial charge in [0.05, 0.1) is 20.5 Å². The Morgan fingerprint density at radius 2 is 1.75 bits per heavy atom. The molecule has 0 saturated carbocycles. The lowest BCUT2D eigenvalue weighted by Crippen LogP contribution is -2.30. The molecule has 1 aromatic carbocycles. The summed E-state index contributed by atoms with van der Waals surface area (Å²) in [5.74, 6) is -0.0371. The van der Waals surface area contributed by atoms with E-state index in [9.17, 15) is 9.59 Å². The van der Waals surface area contributed by atoms with Crippen molar-refractivity contribution in [1.82, 2.24) is 0 Å². The number of esters is 1. The molecule has 7 nitrogen and oxygen atoms in total. The Bertz CT molecular complexity index is 714. The first-order valence-electron chi connectivity index (χ1n) is 7.23. The van der Waals surface area contributed by atoms with Gasteiger partial charge in [-0.05, 0) is 19.9 Å². The molecule has 1 amide bonds. The summed E-state index contributed by atoms with van der Waals surface area (Å²) in [7, 11) is 3.02. The normalized spacial score (nSPS) is 11.5. The first-order chi connectivity index (χ1) is 11.4. The SMILES string of the molecule is COc1cc(NC(=O)[C@H](C)OC(=O)c2occc2C)cc(OC)c1. The zero-order chi connectivity index (χ0) is 17.7. The second-order valence-electron chi connectivity index (χ2n) is 5.07. The molecule has 7 heteroatoms. The molecule has 0 spiro atoms. The fourth-order valence-electron chi connectivity index (χ4n) is 1.97. The maximum atomic E-state index is 12.2. The van der Waals surface area contributed by atoms with Gasteiger partial charge in [-0.3, -0.25) is 4.79 Å². The standard InChI is InChI=1S/C17H19NO6/c1-10-5-6-23-15(10)17(20)24-11(2)16(19)18-12-7-13(21-3)9-14(8-12)22-4/h5-9,11H,1-4H3,(H,18,19)/t11-/m0/s1. The lowest BCUT2D eigenvalue weighted by Gasteiger charge is -2.14. The van der Waals surface area contributed by atoms with Gasteiger partial charge >= 0.3 is 5.97 Å². The van der Waals surface area contributed by atoms with Gasteiger partial charge in [0, 0.05) is 29.4 Å². The number of methoxy groups -OCH3 is 2. The van der Waals surface area contributed by atoms with Gasteiger partial charge in [-0.15, -0.1) is 0 Å². The molecule has 0 aliphatic rings. The van der Waals surface area contributed by atoms with Crippen LogP contribution in [-0.4, -0.2) is 32.2 Å². The summed E-state index contributed by atoms with van der Waals surface area (Å²) in [5, 5.41) is 2.65. The molecule has 0 aliphatic carbocycles. The molecule has 24 heavy (non-hydrogen) atoms. The molecule has 1 N–H and O–H groups in total. The number of ether oxygens (including phenoxy) is 3. The molecule has 1 atom stereocenters. The highest BCUT2D eigenvalue weighted by molar-refractivity contribution is 5.97. The molecule has 1 aromatic heterocycles. The maximum Gasteiger partial charge on any atom is 0.375 e. The smallest absolute Gasteiger partial charge is 0.375 e. The van der Waals surface area contributed by atoms with E-state index < -0.39 is 18.0 Å². The van der Waals surface area contributed by atoms with E-state index in [1.165, 1.54) is 27.4 Å². The quantitative estimate of drug-likeness (QED) is 0.818. The van der Waals surface area contributed by atoms with E-state index in [1.807, 2.05) is 0 Å². The number of carbonyl (C=O) groups is 2. The third-order valence-electron chi connectivity index (χ3n) is 3.32. The molecule has 2 aromatic rings. The third-order valence-corrected chi connectivity index (χ3v) is 3.32. The van der Waals surface area contributed by atoms with Crippen molar-refractivity contribution in [2.75, 3.05) is 19.5 Å². The molecule has 0 fully saturated rings. The van der Waals surface area contributed by atoms with Crippen LogP contribution in [-0.2, 0) is 9.53 Å². The molecular weight excluding hydrogens is 314 g/mol. The summed E-state index contributed by atoms with van der Waals surface area (Å²) in [6.45, 7) is 3.19. The van der Waals surface area contributed by atoms with Crippen LogP contribution in [0.2, 0.25) is 0 Å². The van der Waals surface area contributed by atoms with Crippen LogP contribution < -0.4 is 14.8 Å². The molecule has 0 saturated heterocycles. The van der Waals surface area contributed by atoms with Gasteiger partial charge in [0.25, 0.3) is 5.91 Å². The zero-order valence-corrected chi connectivity index (χ0v) is 13.9. The number of carbonyl (C=O) groups excluding carboxylic acids is 2. The molecule has 1 heterocycles. The van der Waals surface area contributed by atoms with Crippen molar-refractivity contribution in [1.29, 1.82) is 0 Å². The monoisotopic (exact) mass is 333 g/mol. The summed E-state index contributed by atoms with van der Waals surface area (Å²) in [6, 6.07) is 6.58. The molecule has 0 aliphatic heterocycles. The molecule has 2 rings (SSSR count). The Hall–Kier alpha value is -2.96. The minimum Gasteiger partial charge on any atom is -0.497 e. The van der Waals surface area contributed by atoms with Crippen LogP contribution in [0.3, 0.4) is 0 Å². The Balaban J connectivity index is 2.04. The fraction of sp³-hybridized carbons (Fsp3) is 0.294. The van der Waals surface area contributed by atoms with Crippen molar-refractivity contribution >= 4 is 17.6 Å². The Morgan fingerprint density at radius 1 is 1.12 bits per heavy atom. The number of aryl methyl sites for hydroxylation is 1. The van der Waals surface area contributed by atoms with Crippen molar-refractivity contribution in [3.05, 3.63) is 41.9 Å². The first kappa shape index (κ1) is 17.4. The summed E-state index contributed by atoms with van der Waals surface area (Å²) in [4.78, 5) is 24.2. The van der Waals surface area contributed by atoms with Crippen molar-refractivity contribution in [3.63, 3.8) is 0 Å². The van der Waals surface area contributed by atoms with E-state index >= 15 is 0 Å². The number of benzene rings is 1. The highest BCUT2D eigenvalue weighted by atomic mass is 16.6. The van der Waals surface area contributed by atoms with Gasteiger partial charge in [0.2, 0.25) is 5.76 Å². The number of hydrogen-bond donors (Lipinski definition) is 1. The molecular formula is C17H19NO6. The Morgan fingerprint density at radius 3 is 2.25 bits per heavy atom. The zero-order valence-electron chi connectivity index (χ0n) is 13.9. The van der Waals surface area contributed by atoms with Crippen LogP contribution in [0.4, 0.5) is 5.69 Å². The number of furan rings is 1. The molecule has 128 valence electrons. The van der Waals surface area contributed by atoms with Crippen molar-refractivity contribution < 1.29 is 28.2 Å². The van der Waals surface area contributed by atoms with Crippen LogP contribution >= 0.6 is 0 Å². The fourth-order valence-corrected chi connectivity index (χ4v) is 1.97. The van der Waals surface area contributed by atoms with E-state index in [0.717, 1.165) is 0 Å². The average molecular weight is 333 g/mol. The largest absolute Gasteiger partial charge is 0.497 e. The number of amides is 1. The van der Waals surface area contributed by atoms with Gasteiger partial charge in [0.15, 0.2) is 6.10 Å². The maximum absolute atomic E-state index is 12.2. The van der Waals surface area contributed by atoms with Crippen LogP contribution in [0.1, 0.15) is 23.0 Å². The third kappa shape index (κ3) is 4.07.